The molecule has 0 aliphatic carbocycles. The van der Waals surface area contributed by atoms with Crippen molar-refractivity contribution in [2.45, 2.75) is 57.5 Å². The van der Waals surface area contributed by atoms with Crippen molar-refractivity contribution in [1.82, 2.24) is 10.0 Å². The minimum atomic E-state index is -3.68. The number of carbonyl (C=O) groups excluding carboxylic acids is 2. The Morgan fingerprint density at radius 1 is 1.03 bits per heavy atom. The molecule has 33 heavy (non-hydrogen) atoms. The van der Waals surface area contributed by atoms with Crippen LogP contribution < -0.4 is 15.4 Å². The molecular weight excluding hydrogens is 440 g/mol. The maximum absolute atomic E-state index is 13.2. The average Bonchev–Trinajstić information content (AvgIpc) is 3.07. The molecule has 176 valence electrons. The summed E-state index contributed by atoms with van der Waals surface area (Å²) in [4.78, 5) is 29.5. The smallest absolute Gasteiger partial charge is 0.263 e. The molecule has 0 saturated carbocycles. The van der Waals surface area contributed by atoms with Crippen molar-refractivity contribution in [3.8, 4) is 0 Å². The minimum Gasteiger partial charge on any atom is -0.348 e. The zero-order valence-corrected chi connectivity index (χ0v) is 20.1. The quantitative estimate of drug-likeness (QED) is 0.548. The minimum absolute atomic E-state index is 0.0660. The molecule has 2 amide bonds. The van der Waals surface area contributed by atoms with Gasteiger partial charge in [0.05, 0.1) is 10.9 Å². The number of nitrogens with zero attached hydrogens (tertiary/aromatic N) is 1. The number of benzene rings is 2. The Bertz CT molecular complexity index is 1160. The number of anilines is 1. The number of sulfonamides is 1. The SMILES string of the molecule is CCC(=O)Nc1ccc(C(C)NC(=O)[C@@H](N=C2NS(=O)(=O)c3ccccc32)[C@@H](C)CC)cc1. The van der Waals surface area contributed by atoms with Crippen molar-refractivity contribution >= 4 is 33.4 Å². The highest BCUT2D eigenvalue weighted by Crippen LogP contribution is 2.24. The van der Waals surface area contributed by atoms with Crippen LogP contribution in [0.15, 0.2) is 58.4 Å². The van der Waals surface area contributed by atoms with Gasteiger partial charge in [-0.3, -0.25) is 19.3 Å². The third-order valence-corrected chi connectivity index (χ3v) is 7.15. The zero-order valence-electron chi connectivity index (χ0n) is 19.3. The Labute approximate surface area is 194 Å². The molecule has 0 saturated heterocycles. The van der Waals surface area contributed by atoms with E-state index in [2.05, 4.69) is 20.3 Å². The first-order valence-corrected chi connectivity index (χ1v) is 12.5. The van der Waals surface area contributed by atoms with E-state index >= 15 is 0 Å². The monoisotopic (exact) mass is 470 g/mol. The van der Waals surface area contributed by atoms with E-state index in [4.69, 9.17) is 0 Å². The van der Waals surface area contributed by atoms with E-state index in [0.717, 1.165) is 5.56 Å². The molecule has 0 radical (unpaired) electrons. The van der Waals surface area contributed by atoms with Gasteiger partial charge in [0, 0.05) is 17.7 Å². The largest absolute Gasteiger partial charge is 0.348 e. The van der Waals surface area contributed by atoms with E-state index in [-0.39, 0.29) is 34.5 Å². The second kappa shape index (κ2) is 10.2. The molecule has 2 aromatic carbocycles. The first kappa shape index (κ1) is 24.4. The summed E-state index contributed by atoms with van der Waals surface area (Å²) in [5, 5.41) is 5.79. The molecule has 0 bridgehead atoms. The van der Waals surface area contributed by atoms with Crippen molar-refractivity contribution in [2.24, 2.45) is 10.9 Å². The summed E-state index contributed by atoms with van der Waals surface area (Å²) in [5.41, 5.74) is 2.04. The van der Waals surface area contributed by atoms with Crippen LogP contribution >= 0.6 is 0 Å². The van der Waals surface area contributed by atoms with Gasteiger partial charge in [-0.15, -0.1) is 0 Å². The van der Waals surface area contributed by atoms with Crippen LogP contribution in [0.4, 0.5) is 5.69 Å². The Balaban J connectivity index is 1.79. The number of hydrogen-bond donors (Lipinski definition) is 3. The number of carbonyl (C=O) groups is 2. The lowest BCUT2D eigenvalue weighted by Crippen LogP contribution is -2.40. The number of hydrogen-bond acceptors (Lipinski definition) is 5. The lowest BCUT2D eigenvalue weighted by Gasteiger charge is -2.22. The molecule has 8 nitrogen and oxygen atoms in total. The van der Waals surface area contributed by atoms with Crippen LogP contribution in [0.25, 0.3) is 0 Å². The summed E-state index contributed by atoms with van der Waals surface area (Å²) in [6.45, 7) is 7.53. The van der Waals surface area contributed by atoms with Crippen LogP contribution in [0.1, 0.15) is 57.7 Å². The molecule has 3 rings (SSSR count). The van der Waals surface area contributed by atoms with Gasteiger partial charge in [0.15, 0.2) is 0 Å². The summed E-state index contributed by atoms with van der Waals surface area (Å²) in [6.07, 6.45) is 1.10. The molecule has 3 N–H and O–H groups in total. The van der Waals surface area contributed by atoms with E-state index in [1.807, 2.05) is 32.9 Å². The maximum atomic E-state index is 13.2. The van der Waals surface area contributed by atoms with E-state index in [9.17, 15) is 18.0 Å². The van der Waals surface area contributed by atoms with Crippen LogP contribution in [0.2, 0.25) is 0 Å². The number of rotatable bonds is 8. The standard InChI is InChI=1S/C24H30N4O4S/c1-5-15(3)22(27-23-19-9-7-8-10-20(19)33(31,32)28-23)24(30)25-16(4)17-11-13-18(14-12-17)26-21(29)6-2/h7-16,22H,5-6H2,1-4H3,(H,25,30)(H,26,29)(H,27,28)/t15-,16?,22-/m0/s1. The summed E-state index contributed by atoms with van der Waals surface area (Å²) in [5.74, 6) is -0.261. The number of amidine groups is 1. The van der Waals surface area contributed by atoms with Crippen LogP contribution in [-0.2, 0) is 19.6 Å². The fourth-order valence-electron chi connectivity index (χ4n) is 3.52. The Hall–Kier alpha value is -3.20. The second-order valence-electron chi connectivity index (χ2n) is 8.16. The Morgan fingerprint density at radius 2 is 1.70 bits per heavy atom. The van der Waals surface area contributed by atoms with E-state index in [1.165, 1.54) is 6.07 Å². The van der Waals surface area contributed by atoms with Crippen molar-refractivity contribution < 1.29 is 18.0 Å². The van der Waals surface area contributed by atoms with Crippen LogP contribution in [0, 0.1) is 5.92 Å². The van der Waals surface area contributed by atoms with Gasteiger partial charge >= 0.3 is 0 Å². The van der Waals surface area contributed by atoms with E-state index in [1.54, 1.807) is 37.3 Å². The fourth-order valence-corrected chi connectivity index (χ4v) is 4.76. The fraction of sp³-hybridized carbons (Fsp3) is 0.375. The predicted octanol–water partition coefficient (Wildman–Crippen LogP) is 3.37. The predicted molar refractivity (Wildman–Crippen MR) is 128 cm³/mol. The van der Waals surface area contributed by atoms with Crippen molar-refractivity contribution in [1.29, 1.82) is 0 Å². The molecule has 1 unspecified atom stereocenters. The first-order valence-electron chi connectivity index (χ1n) is 11.1. The third kappa shape index (κ3) is 5.60. The molecular formula is C24H30N4O4S. The van der Waals surface area contributed by atoms with Gasteiger partial charge in [0.2, 0.25) is 11.8 Å². The van der Waals surface area contributed by atoms with Crippen LogP contribution in [0.5, 0.6) is 0 Å². The summed E-state index contributed by atoms with van der Waals surface area (Å²) < 4.78 is 27.3. The molecule has 1 aliphatic rings. The van der Waals surface area contributed by atoms with Gasteiger partial charge in [-0.2, -0.15) is 0 Å². The Morgan fingerprint density at radius 3 is 2.33 bits per heavy atom. The van der Waals surface area contributed by atoms with Crippen molar-refractivity contribution in [3.05, 3.63) is 59.7 Å². The molecule has 3 atom stereocenters. The van der Waals surface area contributed by atoms with Crippen molar-refractivity contribution in [3.63, 3.8) is 0 Å². The number of nitrogens with one attached hydrogen (secondary N) is 3. The normalized spacial score (nSPS) is 18.0. The topological polar surface area (TPSA) is 117 Å². The maximum Gasteiger partial charge on any atom is 0.263 e. The number of amides is 2. The van der Waals surface area contributed by atoms with Gasteiger partial charge in [-0.1, -0.05) is 51.5 Å². The highest BCUT2D eigenvalue weighted by Gasteiger charge is 2.33. The first-order chi connectivity index (χ1) is 15.7. The molecule has 2 aromatic rings. The second-order valence-corrected chi connectivity index (χ2v) is 9.81. The average molecular weight is 471 g/mol. The lowest BCUT2D eigenvalue weighted by atomic mass is 9.98. The Kier molecular flexibility index (Phi) is 7.53. The summed E-state index contributed by atoms with van der Waals surface area (Å²) in [6, 6.07) is 12.8. The molecule has 1 heterocycles. The van der Waals surface area contributed by atoms with Gasteiger partial charge < -0.3 is 10.6 Å². The molecule has 0 fully saturated rings. The lowest BCUT2D eigenvalue weighted by molar-refractivity contribution is -0.124. The third-order valence-electron chi connectivity index (χ3n) is 5.76. The van der Waals surface area contributed by atoms with Gasteiger partial charge in [0.1, 0.15) is 11.9 Å². The van der Waals surface area contributed by atoms with Gasteiger partial charge in [0.25, 0.3) is 10.0 Å². The van der Waals surface area contributed by atoms with Crippen LogP contribution in [-0.4, -0.2) is 32.1 Å². The van der Waals surface area contributed by atoms with E-state index < -0.39 is 16.1 Å². The zero-order chi connectivity index (χ0) is 24.2. The number of fused-ring (bicyclic) bond motifs is 1. The van der Waals surface area contributed by atoms with Crippen molar-refractivity contribution in [2.75, 3.05) is 5.32 Å². The highest BCUT2D eigenvalue weighted by atomic mass is 32.2. The molecule has 0 aromatic heterocycles. The summed E-state index contributed by atoms with van der Waals surface area (Å²) in [7, 11) is -3.68. The molecule has 1 aliphatic heterocycles. The van der Waals surface area contributed by atoms with E-state index in [0.29, 0.717) is 24.1 Å². The van der Waals surface area contributed by atoms with Gasteiger partial charge in [-0.05, 0) is 42.7 Å². The summed E-state index contributed by atoms with van der Waals surface area (Å²) >= 11 is 0. The van der Waals surface area contributed by atoms with Crippen LogP contribution in [0.3, 0.4) is 0 Å². The number of aliphatic imine (C=N–C) groups is 1. The highest BCUT2D eigenvalue weighted by molar-refractivity contribution is 7.90. The van der Waals surface area contributed by atoms with Gasteiger partial charge in [-0.25, -0.2) is 8.42 Å². The molecule has 0 spiro atoms. The molecule has 9 heteroatoms.